The fourth-order valence-electron chi connectivity index (χ4n) is 7.86. The van der Waals surface area contributed by atoms with Gasteiger partial charge in [0, 0.05) is 21.5 Å². The van der Waals surface area contributed by atoms with E-state index in [9.17, 15) is 0 Å². The van der Waals surface area contributed by atoms with Crippen LogP contribution in [-0.4, -0.2) is 0 Å². The molecule has 0 fully saturated rings. The van der Waals surface area contributed by atoms with Crippen LogP contribution in [0.15, 0.2) is 138 Å². The second-order valence-corrected chi connectivity index (χ2v) is 16.1. The Morgan fingerprint density at radius 1 is 0.426 bits per heavy atom. The SMILES string of the molecule is CC(C)(C)c1ccc2c(c1)C1(c3cc(Br)ccc3-c3ccc(N(c4ccccc4)c4ccccc4)cc31)c1cc(C(C)(C)C)ccc1-2. The molecule has 8 rings (SSSR count). The molecule has 0 heterocycles. The van der Waals surface area contributed by atoms with E-state index in [0.29, 0.717) is 0 Å². The zero-order valence-electron chi connectivity index (χ0n) is 28.0. The Labute approximate surface area is 288 Å². The predicted molar refractivity (Wildman–Crippen MR) is 203 cm³/mol. The molecular formula is C45H40BrN. The lowest BCUT2D eigenvalue weighted by Gasteiger charge is -2.34. The van der Waals surface area contributed by atoms with E-state index in [1.807, 2.05) is 0 Å². The maximum absolute atomic E-state index is 3.90. The topological polar surface area (TPSA) is 3.24 Å². The van der Waals surface area contributed by atoms with Crippen LogP contribution in [0.5, 0.6) is 0 Å². The molecule has 1 nitrogen and oxygen atoms in total. The van der Waals surface area contributed by atoms with Gasteiger partial charge in [0.05, 0.1) is 5.41 Å². The number of rotatable bonds is 3. The van der Waals surface area contributed by atoms with Crippen molar-refractivity contribution in [2.45, 2.75) is 57.8 Å². The summed E-state index contributed by atoms with van der Waals surface area (Å²) in [6.45, 7) is 13.9. The van der Waals surface area contributed by atoms with E-state index in [1.54, 1.807) is 0 Å². The summed E-state index contributed by atoms with van der Waals surface area (Å²) in [6, 6.07) is 50.0. The Morgan fingerprint density at radius 2 is 0.830 bits per heavy atom. The smallest absolute Gasteiger partial charge is 0.0726 e. The number of para-hydroxylation sites is 2. The molecular weight excluding hydrogens is 634 g/mol. The second-order valence-electron chi connectivity index (χ2n) is 15.2. The Bertz CT molecular complexity index is 2060. The van der Waals surface area contributed by atoms with E-state index in [0.717, 1.165) is 21.5 Å². The summed E-state index contributed by atoms with van der Waals surface area (Å²) < 4.78 is 1.10. The molecule has 0 aromatic heterocycles. The molecule has 0 bridgehead atoms. The number of nitrogens with zero attached hydrogens (tertiary/aromatic N) is 1. The van der Waals surface area contributed by atoms with Gasteiger partial charge in [0.1, 0.15) is 0 Å². The molecule has 6 aromatic carbocycles. The molecule has 2 aliphatic rings. The first-order chi connectivity index (χ1) is 22.5. The molecule has 2 heteroatoms. The van der Waals surface area contributed by atoms with Crippen LogP contribution in [0, 0.1) is 0 Å². The average Bonchev–Trinajstić information content (AvgIpc) is 3.51. The molecule has 6 aromatic rings. The third-order valence-corrected chi connectivity index (χ3v) is 10.7. The van der Waals surface area contributed by atoms with Gasteiger partial charge in [0.15, 0.2) is 0 Å². The maximum atomic E-state index is 3.90. The highest BCUT2D eigenvalue weighted by Gasteiger charge is 2.52. The molecule has 2 aliphatic carbocycles. The van der Waals surface area contributed by atoms with Crippen LogP contribution in [0.25, 0.3) is 22.3 Å². The van der Waals surface area contributed by atoms with Crippen molar-refractivity contribution in [1.29, 1.82) is 0 Å². The van der Waals surface area contributed by atoms with Gasteiger partial charge in [-0.3, -0.25) is 0 Å². The molecule has 0 unspecified atom stereocenters. The first-order valence-electron chi connectivity index (χ1n) is 16.6. The molecule has 0 amide bonds. The van der Waals surface area contributed by atoms with E-state index < -0.39 is 5.41 Å². The second kappa shape index (κ2) is 10.6. The molecule has 0 radical (unpaired) electrons. The number of hydrogen-bond donors (Lipinski definition) is 0. The van der Waals surface area contributed by atoms with Crippen LogP contribution in [0.4, 0.5) is 17.1 Å². The summed E-state index contributed by atoms with van der Waals surface area (Å²) in [4.78, 5) is 2.39. The van der Waals surface area contributed by atoms with Crippen LogP contribution in [-0.2, 0) is 16.2 Å². The molecule has 1 spiro atoms. The molecule has 0 aliphatic heterocycles. The Kier molecular flexibility index (Phi) is 6.73. The van der Waals surface area contributed by atoms with Gasteiger partial charge in [0.2, 0.25) is 0 Å². The predicted octanol–water partition coefficient (Wildman–Crippen LogP) is 12.9. The van der Waals surface area contributed by atoms with Crippen LogP contribution in [0.1, 0.15) is 74.9 Å². The highest BCUT2D eigenvalue weighted by molar-refractivity contribution is 9.10. The van der Waals surface area contributed by atoms with Crippen LogP contribution in [0.3, 0.4) is 0 Å². The summed E-state index contributed by atoms with van der Waals surface area (Å²) in [5, 5.41) is 0. The largest absolute Gasteiger partial charge is 0.310 e. The number of fused-ring (bicyclic) bond motifs is 10. The van der Waals surface area contributed by atoms with E-state index in [-0.39, 0.29) is 10.8 Å². The van der Waals surface area contributed by atoms with Gasteiger partial charge in [-0.05, 0) is 115 Å². The van der Waals surface area contributed by atoms with Crippen molar-refractivity contribution in [3.05, 3.63) is 171 Å². The minimum Gasteiger partial charge on any atom is -0.310 e. The van der Waals surface area contributed by atoms with Crippen LogP contribution in [0.2, 0.25) is 0 Å². The van der Waals surface area contributed by atoms with Crippen molar-refractivity contribution in [1.82, 2.24) is 0 Å². The summed E-state index contributed by atoms with van der Waals surface area (Å²) >= 11 is 3.90. The molecule has 0 saturated carbocycles. The van der Waals surface area contributed by atoms with Gasteiger partial charge in [-0.25, -0.2) is 0 Å². The number of halogens is 1. The lowest BCUT2D eigenvalue weighted by atomic mass is 9.68. The lowest BCUT2D eigenvalue weighted by Crippen LogP contribution is -2.27. The van der Waals surface area contributed by atoms with Gasteiger partial charge < -0.3 is 4.90 Å². The number of benzene rings is 6. The number of anilines is 3. The monoisotopic (exact) mass is 673 g/mol. The fraction of sp³-hybridized carbons (Fsp3) is 0.200. The van der Waals surface area contributed by atoms with Gasteiger partial charge in [0.25, 0.3) is 0 Å². The molecule has 0 saturated heterocycles. The van der Waals surface area contributed by atoms with Crippen molar-refractivity contribution in [2.75, 3.05) is 4.90 Å². The zero-order valence-corrected chi connectivity index (χ0v) is 29.6. The minimum absolute atomic E-state index is 0.0162. The Hall–Kier alpha value is -4.40. The lowest BCUT2D eigenvalue weighted by molar-refractivity contribution is 0.586. The van der Waals surface area contributed by atoms with Gasteiger partial charge in [-0.15, -0.1) is 0 Å². The third kappa shape index (κ3) is 4.56. The molecule has 47 heavy (non-hydrogen) atoms. The highest BCUT2D eigenvalue weighted by atomic mass is 79.9. The summed E-state index contributed by atoms with van der Waals surface area (Å²) in [5.74, 6) is 0. The Balaban J connectivity index is 1.50. The number of hydrogen-bond acceptors (Lipinski definition) is 1. The summed E-state index contributed by atoms with van der Waals surface area (Å²) in [6.07, 6.45) is 0. The fourth-order valence-corrected chi connectivity index (χ4v) is 8.22. The Morgan fingerprint density at radius 3 is 1.30 bits per heavy atom. The van der Waals surface area contributed by atoms with Crippen molar-refractivity contribution < 1.29 is 0 Å². The van der Waals surface area contributed by atoms with Crippen LogP contribution < -0.4 is 4.90 Å². The van der Waals surface area contributed by atoms with E-state index in [2.05, 4.69) is 196 Å². The van der Waals surface area contributed by atoms with E-state index >= 15 is 0 Å². The van der Waals surface area contributed by atoms with E-state index in [4.69, 9.17) is 0 Å². The van der Waals surface area contributed by atoms with E-state index in [1.165, 1.54) is 55.6 Å². The highest BCUT2D eigenvalue weighted by Crippen LogP contribution is 2.64. The zero-order chi connectivity index (χ0) is 32.7. The van der Waals surface area contributed by atoms with Crippen molar-refractivity contribution in [3.8, 4) is 22.3 Å². The van der Waals surface area contributed by atoms with Crippen molar-refractivity contribution in [3.63, 3.8) is 0 Å². The van der Waals surface area contributed by atoms with Gasteiger partial charge in [-0.2, -0.15) is 0 Å². The molecule has 0 N–H and O–H groups in total. The van der Waals surface area contributed by atoms with Gasteiger partial charge >= 0.3 is 0 Å². The maximum Gasteiger partial charge on any atom is 0.0726 e. The summed E-state index contributed by atoms with van der Waals surface area (Å²) in [5.41, 5.74) is 16.5. The summed E-state index contributed by atoms with van der Waals surface area (Å²) in [7, 11) is 0. The standard InChI is InChI=1S/C45H40BrN/c1-43(2,3)29-17-21-35-36-22-18-30(44(4,5)6)26-40(36)45(39(35)25-29)41-27-31(46)19-23-37(41)38-24-20-34(28-42(38)45)47(32-13-9-7-10-14-32)33-15-11-8-12-16-33/h7-28H,1-6H3. The molecule has 232 valence electrons. The van der Waals surface area contributed by atoms with Crippen molar-refractivity contribution >= 4 is 33.0 Å². The first kappa shape index (κ1) is 30.0. The van der Waals surface area contributed by atoms with Crippen LogP contribution >= 0.6 is 15.9 Å². The average molecular weight is 675 g/mol. The normalized spacial score (nSPS) is 14.0. The van der Waals surface area contributed by atoms with Crippen molar-refractivity contribution in [2.24, 2.45) is 0 Å². The molecule has 0 atom stereocenters. The first-order valence-corrected chi connectivity index (χ1v) is 17.4. The minimum atomic E-state index is -0.462. The quantitative estimate of drug-likeness (QED) is 0.180. The van der Waals surface area contributed by atoms with Gasteiger partial charge in [-0.1, -0.05) is 142 Å². The third-order valence-electron chi connectivity index (χ3n) is 10.2.